The van der Waals surface area contributed by atoms with Crippen molar-refractivity contribution in [3.05, 3.63) is 46.8 Å². The van der Waals surface area contributed by atoms with Crippen LogP contribution in [0, 0.1) is 12.8 Å². The first-order valence-corrected chi connectivity index (χ1v) is 10.5. The lowest BCUT2D eigenvalue weighted by molar-refractivity contribution is 0.194. The van der Waals surface area contributed by atoms with Gasteiger partial charge in [-0.3, -0.25) is 4.98 Å². The summed E-state index contributed by atoms with van der Waals surface area (Å²) < 4.78 is 11.2. The first kappa shape index (κ1) is 22.0. The Hall–Kier alpha value is -2.73. The van der Waals surface area contributed by atoms with Crippen LogP contribution < -0.4 is 4.74 Å². The minimum absolute atomic E-state index is 0.473. The SMILES string of the molecule is CCc1cc(-c2noc(-c3cc(C)nc(CC(C)C)c3)n2)cc(CC(C)O)c1OC. The molecule has 3 aromatic rings. The predicted octanol–water partition coefficient (Wildman–Crippen LogP) is 4.80. The van der Waals surface area contributed by atoms with Crippen LogP contribution in [0.4, 0.5) is 0 Å². The molecule has 0 spiro atoms. The van der Waals surface area contributed by atoms with E-state index in [0.717, 1.165) is 52.2 Å². The van der Waals surface area contributed by atoms with Crippen molar-refractivity contribution in [2.75, 3.05) is 7.11 Å². The molecule has 6 heteroatoms. The fourth-order valence-electron chi connectivity index (χ4n) is 3.72. The van der Waals surface area contributed by atoms with Crippen LogP contribution in [0.25, 0.3) is 22.8 Å². The number of hydrogen-bond donors (Lipinski definition) is 1. The molecule has 2 aromatic heterocycles. The molecule has 160 valence electrons. The molecule has 1 unspecified atom stereocenters. The number of aliphatic hydroxyl groups is 1. The Bertz CT molecular complexity index is 1010. The first-order chi connectivity index (χ1) is 14.3. The van der Waals surface area contributed by atoms with Crippen molar-refractivity contribution < 1.29 is 14.4 Å². The molecule has 3 rings (SSSR count). The summed E-state index contributed by atoms with van der Waals surface area (Å²) in [6.07, 6.45) is 1.73. The Labute approximate surface area is 178 Å². The third-order valence-corrected chi connectivity index (χ3v) is 4.90. The lowest BCUT2D eigenvalue weighted by atomic mass is 9.98. The second kappa shape index (κ2) is 9.39. The minimum atomic E-state index is -0.473. The molecular formula is C24H31N3O3. The summed E-state index contributed by atoms with van der Waals surface area (Å²) in [6, 6.07) is 7.99. The molecule has 0 fully saturated rings. The summed E-state index contributed by atoms with van der Waals surface area (Å²) >= 11 is 0. The highest BCUT2D eigenvalue weighted by Crippen LogP contribution is 2.32. The van der Waals surface area contributed by atoms with Crippen molar-refractivity contribution in [1.82, 2.24) is 15.1 Å². The van der Waals surface area contributed by atoms with Gasteiger partial charge in [0.2, 0.25) is 5.82 Å². The second-order valence-corrected chi connectivity index (χ2v) is 8.24. The van der Waals surface area contributed by atoms with Crippen molar-refractivity contribution in [2.24, 2.45) is 5.92 Å². The Morgan fingerprint density at radius 3 is 2.37 bits per heavy atom. The predicted molar refractivity (Wildman–Crippen MR) is 118 cm³/mol. The van der Waals surface area contributed by atoms with Crippen LogP contribution in [-0.2, 0) is 19.3 Å². The van der Waals surface area contributed by atoms with Gasteiger partial charge in [0.15, 0.2) is 0 Å². The molecule has 6 nitrogen and oxygen atoms in total. The van der Waals surface area contributed by atoms with Gasteiger partial charge in [-0.25, -0.2) is 0 Å². The zero-order chi connectivity index (χ0) is 21.8. The van der Waals surface area contributed by atoms with Crippen LogP contribution in [-0.4, -0.2) is 33.4 Å². The number of ether oxygens (including phenoxy) is 1. The van der Waals surface area contributed by atoms with E-state index in [4.69, 9.17) is 9.26 Å². The van der Waals surface area contributed by atoms with E-state index < -0.39 is 6.10 Å². The van der Waals surface area contributed by atoms with Crippen LogP contribution in [0.3, 0.4) is 0 Å². The third kappa shape index (κ3) is 5.05. The van der Waals surface area contributed by atoms with Gasteiger partial charge in [0.25, 0.3) is 5.89 Å². The maximum absolute atomic E-state index is 9.91. The fourth-order valence-corrected chi connectivity index (χ4v) is 3.72. The average Bonchev–Trinajstić information content (AvgIpc) is 3.16. The molecule has 0 aliphatic heterocycles. The molecule has 0 bridgehead atoms. The second-order valence-electron chi connectivity index (χ2n) is 8.24. The normalized spacial score (nSPS) is 12.4. The number of aromatic nitrogens is 3. The van der Waals surface area contributed by atoms with E-state index in [9.17, 15) is 5.11 Å². The van der Waals surface area contributed by atoms with E-state index in [2.05, 4.69) is 35.9 Å². The van der Waals surface area contributed by atoms with Crippen molar-refractivity contribution >= 4 is 0 Å². The standard InChI is InChI=1S/C24H31N3O3/c1-7-17-11-19(12-18(10-16(5)28)22(17)29-6)23-26-24(30-27-23)20-9-15(4)25-21(13-20)8-14(2)3/h9,11-14,16,28H,7-8,10H2,1-6H3. The lowest BCUT2D eigenvalue weighted by Gasteiger charge is -2.15. The number of pyridine rings is 1. The molecular weight excluding hydrogens is 378 g/mol. The largest absolute Gasteiger partial charge is 0.496 e. The van der Waals surface area contributed by atoms with Gasteiger partial charge in [-0.1, -0.05) is 25.9 Å². The van der Waals surface area contributed by atoms with Crippen LogP contribution in [0.2, 0.25) is 0 Å². The van der Waals surface area contributed by atoms with Gasteiger partial charge in [0.05, 0.1) is 13.2 Å². The molecule has 30 heavy (non-hydrogen) atoms. The third-order valence-electron chi connectivity index (χ3n) is 4.90. The minimum Gasteiger partial charge on any atom is -0.496 e. The highest BCUT2D eigenvalue weighted by Gasteiger charge is 2.18. The summed E-state index contributed by atoms with van der Waals surface area (Å²) in [7, 11) is 1.66. The summed E-state index contributed by atoms with van der Waals surface area (Å²) in [4.78, 5) is 9.27. The van der Waals surface area contributed by atoms with Crippen molar-refractivity contribution in [1.29, 1.82) is 0 Å². The first-order valence-electron chi connectivity index (χ1n) is 10.5. The van der Waals surface area contributed by atoms with Gasteiger partial charge in [0, 0.05) is 28.9 Å². The van der Waals surface area contributed by atoms with Gasteiger partial charge in [-0.15, -0.1) is 0 Å². The molecule has 1 N–H and O–H groups in total. The number of aryl methyl sites for hydroxylation is 2. The van der Waals surface area contributed by atoms with Gasteiger partial charge in [0.1, 0.15) is 5.75 Å². The molecule has 1 atom stereocenters. The molecule has 1 aromatic carbocycles. The molecule has 0 saturated carbocycles. The molecule has 0 saturated heterocycles. The average molecular weight is 410 g/mol. The highest BCUT2D eigenvalue weighted by atomic mass is 16.5. The number of hydrogen-bond acceptors (Lipinski definition) is 6. The molecule has 0 aliphatic rings. The van der Waals surface area contributed by atoms with E-state index in [1.54, 1.807) is 14.0 Å². The zero-order valence-electron chi connectivity index (χ0n) is 18.7. The number of rotatable bonds is 8. The molecule has 0 amide bonds. The lowest BCUT2D eigenvalue weighted by Crippen LogP contribution is -2.07. The number of methoxy groups -OCH3 is 1. The Kier molecular flexibility index (Phi) is 6.87. The zero-order valence-corrected chi connectivity index (χ0v) is 18.7. The number of aliphatic hydroxyl groups excluding tert-OH is 1. The van der Waals surface area contributed by atoms with E-state index in [-0.39, 0.29) is 0 Å². The summed E-state index contributed by atoms with van der Waals surface area (Å²) in [6.45, 7) is 10.2. The fraction of sp³-hybridized carbons (Fsp3) is 0.458. The monoisotopic (exact) mass is 409 g/mol. The Balaban J connectivity index is 2.01. The van der Waals surface area contributed by atoms with Gasteiger partial charge >= 0.3 is 0 Å². The Morgan fingerprint density at radius 2 is 1.73 bits per heavy atom. The maximum Gasteiger partial charge on any atom is 0.258 e. The van der Waals surface area contributed by atoms with Crippen LogP contribution in [0.5, 0.6) is 5.75 Å². The summed E-state index contributed by atoms with van der Waals surface area (Å²) in [5, 5.41) is 14.1. The topological polar surface area (TPSA) is 81.3 Å². The van der Waals surface area contributed by atoms with Crippen LogP contribution in [0.1, 0.15) is 50.2 Å². The molecule has 0 aliphatic carbocycles. The molecule has 2 heterocycles. The van der Waals surface area contributed by atoms with Gasteiger partial charge in [-0.05, 0) is 68.0 Å². The van der Waals surface area contributed by atoms with Gasteiger partial charge in [-0.2, -0.15) is 4.98 Å². The Morgan fingerprint density at radius 1 is 1.00 bits per heavy atom. The van der Waals surface area contributed by atoms with E-state index >= 15 is 0 Å². The summed E-state index contributed by atoms with van der Waals surface area (Å²) in [5.74, 6) is 2.33. The number of nitrogens with zero attached hydrogens (tertiary/aromatic N) is 3. The molecule has 0 radical (unpaired) electrons. The quantitative estimate of drug-likeness (QED) is 0.575. The van der Waals surface area contributed by atoms with Crippen molar-refractivity contribution in [3.63, 3.8) is 0 Å². The van der Waals surface area contributed by atoms with E-state index in [1.807, 2.05) is 31.2 Å². The van der Waals surface area contributed by atoms with E-state index in [1.165, 1.54) is 0 Å². The van der Waals surface area contributed by atoms with Crippen molar-refractivity contribution in [2.45, 2.75) is 60.0 Å². The highest BCUT2D eigenvalue weighted by molar-refractivity contribution is 5.64. The smallest absolute Gasteiger partial charge is 0.258 e. The summed E-state index contributed by atoms with van der Waals surface area (Å²) in [5.41, 5.74) is 5.68. The van der Waals surface area contributed by atoms with Crippen LogP contribution >= 0.6 is 0 Å². The van der Waals surface area contributed by atoms with E-state index in [0.29, 0.717) is 24.1 Å². The maximum atomic E-state index is 9.91. The van der Waals surface area contributed by atoms with Crippen molar-refractivity contribution in [3.8, 4) is 28.6 Å². The van der Waals surface area contributed by atoms with Gasteiger partial charge < -0.3 is 14.4 Å². The number of benzene rings is 1. The van der Waals surface area contributed by atoms with Crippen LogP contribution in [0.15, 0.2) is 28.8 Å².